The lowest BCUT2D eigenvalue weighted by Crippen LogP contribution is -2.33. The van der Waals surface area contributed by atoms with E-state index in [9.17, 15) is 13.2 Å². The summed E-state index contributed by atoms with van der Waals surface area (Å²) in [6.07, 6.45) is 0. The first kappa shape index (κ1) is 15.5. The second-order valence-electron chi connectivity index (χ2n) is 4.81. The molecule has 0 amide bonds. The minimum Gasteiger partial charge on any atom is -0.497 e. The molecule has 0 aliphatic heterocycles. The molecule has 0 heterocycles. The van der Waals surface area contributed by atoms with Crippen molar-refractivity contribution in [2.75, 3.05) is 20.0 Å². The average Bonchev–Trinajstić information content (AvgIpc) is 2.36. The molecule has 6 heteroatoms. The van der Waals surface area contributed by atoms with Gasteiger partial charge in [0.15, 0.2) is 9.84 Å². The minimum atomic E-state index is -3.55. The molecule has 0 aliphatic rings. The molecule has 5 nitrogen and oxygen atoms in total. The third kappa shape index (κ3) is 3.70. The van der Waals surface area contributed by atoms with Gasteiger partial charge in [0.1, 0.15) is 5.75 Å². The highest BCUT2D eigenvalue weighted by atomic mass is 32.2. The van der Waals surface area contributed by atoms with Gasteiger partial charge in [-0.25, -0.2) is 8.42 Å². The Morgan fingerprint density at radius 2 is 1.68 bits per heavy atom. The van der Waals surface area contributed by atoms with E-state index in [0.717, 1.165) is 0 Å². The average molecular weight is 286 g/mol. The zero-order chi connectivity index (χ0) is 14.7. The number of carbonyl (C=O) groups excluding carboxylic acids is 1. The van der Waals surface area contributed by atoms with Gasteiger partial charge < -0.3 is 9.47 Å². The molecule has 0 aromatic heterocycles. The van der Waals surface area contributed by atoms with Crippen molar-refractivity contribution in [2.45, 2.75) is 18.7 Å². The van der Waals surface area contributed by atoms with Gasteiger partial charge in [-0.3, -0.25) is 4.79 Å². The molecule has 106 valence electrons. The zero-order valence-corrected chi connectivity index (χ0v) is 12.3. The fourth-order valence-electron chi connectivity index (χ4n) is 1.68. The van der Waals surface area contributed by atoms with Gasteiger partial charge in [-0.15, -0.1) is 0 Å². The number of benzene rings is 1. The summed E-state index contributed by atoms with van der Waals surface area (Å²) >= 11 is 0. The van der Waals surface area contributed by atoms with Gasteiger partial charge >= 0.3 is 5.97 Å². The van der Waals surface area contributed by atoms with Crippen molar-refractivity contribution in [1.82, 2.24) is 0 Å². The van der Waals surface area contributed by atoms with E-state index in [1.54, 1.807) is 26.0 Å². The minimum absolute atomic E-state index is 0.158. The maximum Gasteiger partial charge on any atom is 0.312 e. The Balaban J connectivity index is 3.01. The molecule has 1 aromatic rings. The Morgan fingerprint density at radius 1 is 1.16 bits per heavy atom. The van der Waals surface area contributed by atoms with E-state index in [4.69, 9.17) is 4.74 Å². The van der Waals surface area contributed by atoms with Crippen LogP contribution in [0.5, 0.6) is 5.75 Å². The molecule has 0 bridgehead atoms. The lowest BCUT2D eigenvalue weighted by Gasteiger charge is -2.21. The number of hydrogen-bond donors (Lipinski definition) is 0. The third-order valence-corrected chi connectivity index (χ3v) is 4.80. The SMILES string of the molecule is COC(=O)C(C)(C)CS(=O)(=O)c1ccc(OC)cc1. The number of esters is 1. The van der Waals surface area contributed by atoms with Gasteiger partial charge in [-0.1, -0.05) is 0 Å². The van der Waals surface area contributed by atoms with E-state index in [0.29, 0.717) is 5.75 Å². The molecule has 0 N–H and O–H groups in total. The number of ether oxygens (including phenoxy) is 2. The van der Waals surface area contributed by atoms with Crippen molar-refractivity contribution >= 4 is 15.8 Å². The molecule has 0 atom stereocenters. The van der Waals surface area contributed by atoms with Crippen LogP contribution in [-0.4, -0.2) is 34.4 Å². The highest BCUT2D eigenvalue weighted by Gasteiger charge is 2.35. The molecule has 0 saturated carbocycles. The fraction of sp³-hybridized carbons (Fsp3) is 0.462. The van der Waals surface area contributed by atoms with Gasteiger partial charge in [0, 0.05) is 0 Å². The molecule has 0 radical (unpaired) electrons. The van der Waals surface area contributed by atoms with Gasteiger partial charge in [0.05, 0.1) is 30.3 Å². The molecule has 1 rings (SSSR count). The summed E-state index contributed by atoms with van der Waals surface area (Å²) in [6.45, 7) is 3.08. The highest BCUT2D eigenvalue weighted by molar-refractivity contribution is 7.91. The smallest absolute Gasteiger partial charge is 0.312 e. The molecular formula is C13H18O5S. The molecule has 0 fully saturated rings. The predicted octanol–water partition coefficient (Wildman–Crippen LogP) is 1.67. The number of hydrogen-bond acceptors (Lipinski definition) is 5. The van der Waals surface area contributed by atoms with Crippen LogP contribution < -0.4 is 4.74 Å². The highest BCUT2D eigenvalue weighted by Crippen LogP contribution is 2.25. The molecule has 0 unspecified atom stereocenters. The summed E-state index contributed by atoms with van der Waals surface area (Å²) < 4.78 is 34.0. The van der Waals surface area contributed by atoms with Crippen LogP contribution in [0.3, 0.4) is 0 Å². The van der Waals surface area contributed by atoms with Crippen LogP contribution in [0.25, 0.3) is 0 Å². The standard InChI is InChI=1S/C13H18O5S/c1-13(2,12(14)18-4)9-19(15,16)11-7-5-10(17-3)6-8-11/h5-8H,9H2,1-4H3. The Bertz CT molecular complexity index is 543. The van der Waals surface area contributed by atoms with Gasteiger partial charge in [-0.2, -0.15) is 0 Å². The number of sulfone groups is 1. The Kier molecular flexibility index (Phi) is 4.57. The lowest BCUT2D eigenvalue weighted by atomic mass is 9.97. The second-order valence-corrected chi connectivity index (χ2v) is 6.80. The van der Waals surface area contributed by atoms with Crippen LogP contribution in [-0.2, 0) is 19.4 Å². The van der Waals surface area contributed by atoms with E-state index in [-0.39, 0.29) is 10.6 Å². The summed E-state index contributed by atoms with van der Waals surface area (Å²) in [5.74, 6) is -0.283. The lowest BCUT2D eigenvalue weighted by molar-refractivity contribution is -0.149. The van der Waals surface area contributed by atoms with Crippen LogP contribution in [0, 0.1) is 5.41 Å². The van der Waals surface area contributed by atoms with E-state index < -0.39 is 21.2 Å². The predicted molar refractivity (Wildman–Crippen MR) is 70.8 cm³/mol. The number of rotatable bonds is 5. The van der Waals surface area contributed by atoms with Crippen molar-refractivity contribution in [2.24, 2.45) is 5.41 Å². The monoisotopic (exact) mass is 286 g/mol. The van der Waals surface area contributed by atoms with Crippen LogP contribution in [0.1, 0.15) is 13.8 Å². The molecule has 0 spiro atoms. The van der Waals surface area contributed by atoms with E-state index >= 15 is 0 Å². The van der Waals surface area contributed by atoms with Crippen LogP contribution in [0.4, 0.5) is 0 Å². The third-order valence-electron chi connectivity index (χ3n) is 2.71. The van der Waals surface area contributed by atoms with Crippen molar-refractivity contribution < 1.29 is 22.7 Å². The van der Waals surface area contributed by atoms with Crippen molar-refractivity contribution in [1.29, 1.82) is 0 Å². The first-order valence-electron chi connectivity index (χ1n) is 5.68. The van der Waals surface area contributed by atoms with Crippen LogP contribution in [0.2, 0.25) is 0 Å². The van der Waals surface area contributed by atoms with E-state index in [2.05, 4.69) is 4.74 Å². The van der Waals surface area contributed by atoms with Gasteiger partial charge in [-0.05, 0) is 38.1 Å². The number of methoxy groups -OCH3 is 2. The Hall–Kier alpha value is -1.56. The second kappa shape index (κ2) is 5.61. The summed E-state index contributed by atoms with van der Waals surface area (Å²) in [7, 11) is -0.810. The maximum absolute atomic E-state index is 12.2. The number of carbonyl (C=O) groups is 1. The van der Waals surface area contributed by atoms with Crippen molar-refractivity contribution in [3.05, 3.63) is 24.3 Å². The summed E-state index contributed by atoms with van der Waals surface area (Å²) in [4.78, 5) is 11.7. The summed E-state index contributed by atoms with van der Waals surface area (Å²) in [5, 5.41) is 0. The zero-order valence-electron chi connectivity index (χ0n) is 11.5. The van der Waals surface area contributed by atoms with Crippen LogP contribution in [0.15, 0.2) is 29.2 Å². The topological polar surface area (TPSA) is 69.7 Å². The Morgan fingerprint density at radius 3 is 2.11 bits per heavy atom. The largest absolute Gasteiger partial charge is 0.497 e. The molecule has 19 heavy (non-hydrogen) atoms. The van der Waals surface area contributed by atoms with Crippen LogP contribution >= 0.6 is 0 Å². The maximum atomic E-state index is 12.2. The van der Waals surface area contributed by atoms with E-state index in [1.807, 2.05) is 0 Å². The molecule has 1 aromatic carbocycles. The van der Waals surface area contributed by atoms with Gasteiger partial charge in [0.2, 0.25) is 0 Å². The quantitative estimate of drug-likeness (QED) is 0.770. The Labute approximate surface area is 113 Å². The summed E-state index contributed by atoms with van der Waals surface area (Å²) in [6, 6.07) is 6.05. The first-order valence-corrected chi connectivity index (χ1v) is 7.33. The summed E-state index contributed by atoms with van der Waals surface area (Å²) in [5.41, 5.74) is -1.09. The van der Waals surface area contributed by atoms with E-state index in [1.165, 1.54) is 26.4 Å². The molecular weight excluding hydrogens is 268 g/mol. The van der Waals surface area contributed by atoms with Crippen molar-refractivity contribution in [3.63, 3.8) is 0 Å². The van der Waals surface area contributed by atoms with Gasteiger partial charge in [0.25, 0.3) is 0 Å². The molecule has 0 saturated heterocycles. The first-order chi connectivity index (χ1) is 8.73. The molecule has 0 aliphatic carbocycles. The fourth-order valence-corrected chi connectivity index (χ4v) is 3.46. The normalized spacial score (nSPS) is 12.0. The van der Waals surface area contributed by atoms with Crippen molar-refractivity contribution in [3.8, 4) is 5.75 Å².